The van der Waals surface area contributed by atoms with Crippen molar-refractivity contribution in [2.75, 3.05) is 11.6 Å². The van der Waals surface area contributed by atoms with Crippen LogP contribution in [-0.2, 0) is 16.8 Å². The van der Waals surface area contributed by atoms with Crippen LogP contribution in [0.25, 0.3) is 11.1 Å². The van der Waals surface area contributed by atoms with Crippen LogP contribution in [0.2, 0.25) is 0 Å². The maximum absolute atomic E-state index is 13.1. The van der Waals surface area contributed by atoms with Gasteiger partial charge in [0.05, 0.1) is 26.5 Å². The van der Waals surface area contributed by atoms with Gasteiger partial charge >= 0.3 is 5.97 Å². The Morgan fingerprint density at radius 1 is 0.973 bits per heavy atom. The highest BCUT2D eigenvalue weighted by molar-refractivity contribution is 7.93. The summed E-state index contributed by atoms with van der Waals surface area (Å²) in [6.07, 6.45) is 4.15. The standard InChI is InChI=1S/C26H23N5O5S/c1-16-10-23(31(2)29-16)25(33)28-21-8-4-6-17(12-21)19-11-20(15-27-14-19)24(32)30-37(3,36)22-9-5-7-18(13-22)26(34)35/h4-15H,1-3H3,(H,28,33)(H,34,35). The van der Waals surface area contributed by atoms with Crippen LogP contribution in [0.3, 0.4) is 0 Å². The van der Waals surface area contributed by atoms with E-state index in [1.807, 2.05) is 0 Å². The highest BCUT2D eigenvalue weighted by atomic mass is 32.2. The largest absolute Gasteiger partial charge is 0.478 e. The summed E-state index contributed by atoms with van der Waals surface area (Å²) in [5.74, 6) is -2.24. The lowest BCUT2D eigenvalue weighted by molar-refractivity contribution is 0.0696. The molecule has 0 fully saturated rings. The molecular formula is C26H23N5O5S. The highest BCUT2D eigenvalue weighted by Gasteiger charge is 2.16. The lowest BCUT2D eigenvalue weighted by atomic mass is 10.1. The van der Waals surface area contributed by atoms with Crippen molar-refractivity contribution in [3.8, 4) is 11.1 Å². The summed E-state index contributed by atoms with van der Waals surface area (Å²) in [7, 11) is -1.52. The van der Waals surface area contributed by atoms with Gasteiger partial charge in [0.25, 0.3) is 11.8 Å². The first-order valence-corrected chi connectivity index (χ1v) is 12.9. The number of carboxylic acid groups (broad SMARTS) is 1. The molecule has 2 aromatic heterocycles. The molecule has 1 unspecified atom stereocenters. The number of carboxylic acids is 1. The minimum Gasteiger partial charge on any atom is -0.478 e. The Balaban J connectivity index is 1.60. The molecule has 0 radical (unpaired) electrons. The molecule has 0 aliphatic carbocycles. The van der Waals surface area contributed by atoms with E-state index in [2.05, 4.69) is 19.8 Å². The van der Waals surface area contributed by atoms with E-state index in [9.17, 15) is 23.7 Å². The van der Waals surface area contributed by atoms with Crippen molar-refractivity contribution in [2.24, 2.45) is 11.4 Å². The molecule has 0 spiro atoms. The van der Waals surface area contributed by atoms with Crippen LogP contribution >= 0.6 is 0 Å². The van der Waals surface area contributed by atoms with Crippen molar-refractivity contribution in [3.05, 3.63) is 95.6 Å². The smallest absolute Gasteiger partial charge is 0.335 e. The third-order valence-corrected chi connectivity index (χ3v) is 7.09. The van der Waals surface area contributed by atoms with E-state index in [1.54, 1.807) is 56.6 Å². The van der Waals surface area contributed by atoms with Gasteiger partial charge in [0.1, 0.15) is 5.69 Å². The lowest BCUT2D eigenvalue weighted by Gasteiger charge is -2.09. The molecule has 2 N–H and O–H groups in total. The molecule has 37 heavy (non-hydrogen) atoms. The van der Waals surface area contributed by atoms with Crippen molar-refractivity contribution in [2.45, 2.75) is 11.8 Å². The van der Waals surface area contributed by atoms with Gasteiger partial charge in [-0.1, -0.05) is 18.2 Å². The number of aromatic nitrogens is 3. The number of rotatable bonds is 6. The predicted octanol–water partition coefficient (Wildman–Crippen LogP) is 4.04. The summed E-state index contributed by atoms with van der Waals surface area (Å²) in [5, 5.41) is 16.2. The summed E-state index contributed by atoms with van der Waals surface area (Å²) in [5.41, 5.74) is 3.01. The van der Waals surface area contributed by atoms with Gasteiger partial charge in [0.15, 0.2) is 0 Å². The molecule has 2 amide bonds. The molecule has 0 aliphatic heterocycles. The number of amides is 2. The molecular weight excluding hydrogens is 494 g/mol. The third-order valence-electron chi connectivity index (χ3n) is 5.45. The van der Waals surface area contributed by atoms with Gasteiger partial charge in [-0.15, -0.1) is 0 Å². The third kappa shape index (κ3) is 5.78. The van der Waals surface area contributed by atoms with E-state index in [0.29, 0.717) is 22.5 Å². The monoisotopic (exact) mass is 517 g/mol. The Labute approximate surface area is 213 Å². The normalized spacial score (nSPS) is 12.4. The molecule has 0 bridgehead atoms. The summed E-state index contributed by atoms with van der Waals surface area (Å²) in [6.45, 7) is 1.80. The van der Waals surface area contributed by atoms with E-state index in [4.69, 9.17) is 0 Å². The van der Waals surface area contributed by atoms with Crippen molar-refractivity contribution in [1.29, 1.82) is 0 Å². The average molecular weight is 518 g/mol. The molecule has 188 valence electrons. The van der Waals surface area contributed by atoms with Gasteiger partial charge in [-0.25, -0.2) is 9.00 Å². The molecule has 2 aromatic carbocycles. The molecule has 0 saturated heterocycles. The van der Waals surface area contributed by atoms with E-state index in [-0.39, 0.29) is 21.9 Å². The minimum absolute atomic E-state index is 0.0520. The number of aryl methyl sites for hydroxylation is 2. The predicted molar refractivity (Wildman–Crippen MR) is 138 cm³/mol. The van der Waals surface area contributed by atoms with Gasteiger partial charge < -0.3 is 10.4 Å². The Hall–Kier alpha value is -4.64. The zero-order valence-corrected chi connectivity index (χ0v) is 21.0. The van der Waals surface area contributed by atoms with Crippen molar-refractivity contribution < 1.29 is 23.7 Å². The van der Waals surface area contributed by atoms with Crippen molar-refractivity contribution >= 4 is 33.2 Å². The fourth-order valence-corrected chi connectivity index (χ4v) is 4.84. The molecule has 2 heterocycles. The second kappa shape index (κ2) is 10.2. The number of nitrogens with one attached hydrogen (secondary N) is 1. The maximum atomic E-state index is 13.1. The van der Waals surface area contributed by atoms with Gasteiger partial charge in [-0.3, -0.25) is 19.3 Å². The lowest BCUT2D eigenvalue weighted by Crippen LogP contribution is -2.16. The van der Waals surface area contributed by atoms with Crippen LogP contribution in [0.5, 0.6) is 0 Å². The first kappa shape index (κ1) is 25.5. The summed E-state index contributed by atoms with van der Waals surface area (Å²) in [4.78, 5) is 41.0. The van der Waals surface area contributed by atoms with Crippen LogP contribution in [0, 0.1) is 6.92 Å². The van der Waals surface area contributed by atoms with Gasteiger partial charge in [0, 0.05) is 41.8 Å². The molecule has 4 rings (SSSR count). The number of hydrogen-bond donors (Lipinski definition) is 2. The highest BCUT2D eigenvalue weighted by Crippen LogP contribution is 2.24. The number of anilines is 1. The van der Waals surface area contributed by atoms with Crippen LogP contribution < -0.4 is 5.32 Å². The number of hydrogen-bond acceptors (Lipinski definition) is 6. The molecule has 0 saturated carbocycles. The molecule has 11 heteroatoms. The topological polar surface area (TPSA) is 144 Å². The van der Waals surface area contributed by atoms with E-state index < -0.39 is 21.6 Å². The molecule has 4 aromatic rings. The quantitative estimate of drug-likeness (QED) is 0.393. The second-order valence-electron chi connectivity index (χ2n) is 8.32. The van der Waals surface area contributed by atoms with E-state index >= 15 is 0 Å². The van der Waals surface area contributed by atoms with E-state index in [0.717, 1.165) is 5.69 Å². The first-order chi connectivity index (χ1) is 17.5. The summed E-state index contributed by atoms with van der Waals surface area (Å²) in [6, 6.07) is 15.8. The number of nitrogens with zero attached hydrogens (tertiary/aromatic N) is 4. The fraction of sp³-hybridized carbons (Fsp3) is 0.115. The van der Waals surface area contributed by atoms with Gasteiger partial charge in [-0.05, 0) is 55.0 Å². The first-order valence-electron chi connectivity index (χ1n) is 11.0. The Bertz CT molecular complexity index is 1670. The number of carbonyl (C=O) groups excluding carboxylic acids is 2. The summed E-state index contributed by atoms with van der Waals surface area (Å²) < 4.78 is 18.5. The molecule has 0 aliphatic rings. The van der Waals surface area contributed by atoms with Gasteiger partial charge in [-0.2, -0.15) is 9.46 Å². The summed E-state index contributed by atoms with van der Waals surface area (Å²) >= 11 is 0. The maximum Gasteiger partial charge on any atom is 0.335 e. The van der Waals surface area contributed by atoms with Crippen LogP contribution in [-0.4, -0.2) is 48.1 Å². The van der Waals surface area contributed by atoms with Crippen LogP contribution in [0.4, 0.5) is 5.69 Å². The van der Waals surface area contributed by atoms with Crippen LogP contribution in [0.15, 0.2) is 82.3 Å². The molecule has 1 atom stereocenters. The van der Waals surface area contributed by atoms with Crippen molar-refractivity contribution in [3.63, 3.8) is 0 Å². The zero-order chi connectivity index (χ0) is 26.7. The number of benzene rings is 2. The zero-order valence-electron chi connectivity index (χ0n) is 20.2. The Kier molecular flexibility index (Phi) is 6.98. The van der Waals surface area contributed by atoms with Crippen molar-refractivity contribution in [1.82, 2.24) is 14.8 Å². The number of aromatic carboxylic acids is 1. The number of carbonyl (C=O) groups is 3. The average Bonchev–Trinajstić information content (AvgIpc) is 3.22. The second-order valence-corrected chi connectivity index (χ2v) is 10.6. The van der Waals surface area contributed by atoms with E-state index in [1.165, 1.54) is 41.4 Å². The minimum atomic E-state index is -3.21. The van der Waals surface area contributed by atoms with Gasteiger partial charge in [0.2, 0.25) is 0 Å². The molecule has 10 nitrogen and oxygen atoms in total. The fourth-order valence-electron chi connectivity index (χ4n) is 3.64. The Morgan fingerprint density at radius 3 is 2.43 bits per heavy atom. The SMILES string of the molecule is Cc1cc(C(=O)Nc2cccc(-c3cncc(C(=O)N=S(C)(=O)c4cccc(C(=O)O)c4)c3)c2)n(C)n1. The van der Waals surface area contributed by atoms with Crippen LogP contribution in [0.1, 0.15) is 36.9 Å². The number of pyridine rings is 1. The Morgan fingerprint density at radius 2 is 1.73 bits per heavy atom.